The third-order valence-corrected chi connectivity index (χ3v) is 5.53. The number of methoxy groups -OCH3 is 1. The predicted molar refractivity (Wildman–Crippen MR) is 95.0 cm³/mol. The molecule has 0 aliphatic carbocycles. The fourth-order valence-electron chi connectivity index (χ4n) is 3.57. The third kappa shape index (κ3) is 3.36. The van der Waals surface area contributed by atoms with Gasteiger partial charge in [-0.15, -0.1) is 0 Å². The quantitative estimate of drug-likeness (QED) is 0.574. The number of anilines is 1. The second-order valence-corrected chi connectivity index (χ2v) is 7.34. The lowest BCUT2D eigenvalue weighted by Crippen LogP contribution is -2.56. The number of nitrogens with zero attached hydrogens (tertiary/aromatic N) is 3. The molecule has 0 atom stereocenters. The van der Waals surface area contributed by atoms with E-state index in [2.05, 4.69) is 32.8 Å². The van der Waals surface area contributed by atoms with Crippen molar-refractivity contribution in [2.45, 2.75) is 18.4 Å². The van der Waals surface area contributed by atoms with Crippen molar-refractivity contribution in [2.24, 2.45) is 0 Å². The van der Waals surface area contributed by atoms with Crippen LogP contribution in [-0.4, -0.2) is 62.4 Å². The Kier molecular flexibility index (Phi) is 4.98. The maximum Gasteiger partial charge on any atom is 0.312 e. The van der Waals surface area contributed by atoms with Crippen molar-refractivity contribution < 1.29 is 14.4 Å². The molecule has 2 aliphatic heterocycles. The van der Waals surface area contributed by atoms with E-state index in [1.54, 1.807) is 6.07 Å². The van der Waals surface area contributed by atoms with Crippen LogP contribution in [0.2, 0.25) is 0 Å². The number of rotatable bonds is 3. The van der Waals surface area contributed by atoms with Gasteiger partial charge in [0.15, 0.2) is 5.75 Å². The lowest BCUT2D eigenvalue weighted by atomic mass is 9.89. The largest absolute Gasteiger partial charge is 0.490 e. The van der Waals surface area contributed by atoms with Crippen molar-refractivity contribution >= 4 is 27.3 Å². The molecule has 1 aromatic rings. The number of ether oxygens (including phenoxy) is 2. The van der Waals surface area contributed by atoms with Crippen LogP contribution in [0.25, 0.3) is 0 Å². The van der Waals surface area contributed by atoms with Gasteiger partial charge in [0.2, 0.25) is 0 Å². The number of halogens is 1. The van der Waals surface area contributed by atoms with Crippen molar-refractivity contribution in [1.82, 2.24) is 4.90 Å². The molecule has 132 valence electrons. The van der Waals surface area contributed by atoms with Gasteiger partial charge < -0.3 is 19.3 Å². The average molecular weight is 400 g/mol. The van der Waals surface area contributed by atoms with Gasteiger partial charge in [-0.3, -0.25) is 10.1 Å². The molecule has 8 heteroatoms. The summed E-state index contributed by atoms with van der Waals surface area (Å²) in [5.74, 6) is 0.284. The molecule has 0 saturated carbocycles. The molecule has 24 heavy (non-hydrogen) atoms. The van der Waals surface area contributed by atoms with E-state index in [0.717, 1.165) is 51.3 Å². The fourth-order valence-corrected chi connectivity index (χ4v) is 4.15. The summed E-state index contributed by atoms with van der Waals surface area (Å²) >= 11 is 3.47. The van der Waals surface area contributed by atoms with Crippen molar-refractivity contribution in [3.8, 4) is 5.75 Å². The van der Waals surface area contributed by atoms with Crippen molar-refractivity contribution in [3.05, 3.63) is 26.7 Å². The highest BCUT2D eigenvalue weighted by Gasteiger charge is 2.39. The molecule has 0 N–H and O–H groups in total. The van der Waals surface area contributed by atoms with Crippen LogP contribution in [-0.2, 0) is 4.74 Å². The van der Waals surface area contributed by atoms with Crippen LogP contribution >= 0.6 is 15.9 Å². The Balaban J connectivity index is 1.78. The Bertz CT molecular complexity index is 632. The number of nitro groups is 1. The number of benzene rings is 1. The summed E-state index contributed by atoms with van der Waals surface area (Å²) in [6.45, 7) is 4.44. The summed E-state index contributed by atoms with van der Waals surface area (Å²) in [6, 6.07) is 3.26. The monoisotopic (exact) mass is 399 g/mol. The molecular formula is C16H22BrN3O4. The van der Waals surface area contributed by atoms with Gasteiger partial charge in [-0.2, -0.15) is 0 Å². The number of morpholine rings is 1. The van der Waals surface area contributed by atoms with E-state index in [9.17, 15) is 10.1 Å². The van der Waals surface area contributed by atoms with Gasteiger partial charge in [0.25, 0.3) is 0 Å². The molecule has 0 amide bonds. The SMILES string of the molecule is COc1cc(N2CCC3(CC2)CN(C)CCO3)c(Br)cc1[N+](=O)[O-]. The van der Waals surface area contributed by atoms with Gasteiger partial charge in [-0.1, -0.05) is 0 Å². The number of hydrogen-bond donors (Lipinski definition) is 0. The molecule has 0 bridgehead atoms. The zero-order valence-corrected chi connectivity index (χ0v) is 15.5. The molecule has 7 nitrogen and oxygen atoms in total. The smallest absolute Gasteiger partial charge is 0.312 e. The second kappa shape index (κ2) is 6.85. The highest BCUT2D eigenvalue weighted by molar-refractivity contribution is 9.10. The minimum absolute atomic E-state index is 0.0288. The Labute approximate surface area is 149 Å². The average Bonchev–Trinajstić information content (AvgIpc) is 2.55. The molecule has 1 spiro atoms. The van der Waals surface area contributed by atoms with Crippen LogP contribution in [0.4, 0.5) is 11.4 Å². The molecule has 3 rings (SSSR count). The van der Waals surface area contributed by atoms with Gasteiger partial charge >= 0.3 is 5.69 Å². The van der Waals surface area contributed by atoms with E-state index in [1.165, 1.54) is 13.2 Å². The van der Waals surface area contributed by atoms with Gasteiger partial charge in [-0.05, 0) is 35.8 Å². The predicted octanol–water partition coefficient (Wildman–Crippen LogP) is 2.67. The van der Waals surface area contributed by atoms with Gasteiger partial charge in [0.1, 0.15) is 0 Å². The maximum absolute atomic E-state index is 11.1. The topological polar surface area (TPSA) is 68.1 Å². The zero-order valence-electron chi connectivity index (χ0n) is 14.0. The molecular weight excluding hydrogens is 378 g/mol. The number of hydrogen-bond acceptors (Lipinski definition) is 6. The molecule has 0 unspecified atom stereocenters. The van der Waals surface area contributed by atoms with E-state index in [0.29, 0.717) is 4.47 Å². The number of nitro benzene ring substituents is 1. The standard InChI is InChI=1S/C16H22BrN3O4/c1-18-7-8-24-16(11-18)3-5-19(6-4-16)13-10-15(23-2)14(20(21)22)9-12(13)17/h9-10H,3-8,11H2,1-2H3. The van der Waals surface area contributed by atoms with E-state index in [-0.39, 0.29) is 17.0 Å². The molecule has 2 saturated heterocycles. The Morgan fingerprint density at radius 3 is 2.62 bits per heavy atom. The van der Waals surface area contributed by atoms with Crippen LogP contribution in [0, 0.1) is 10.1 Å². The molecule has 0 aromatic heterocycles. The molecule has 2 aliphatic rings. The normalized spacial score (nSPS) is 21.0. The summed E-state index contributed by atoms with van der Waals surface area (Å²) in [5, 5.41) is 11.1. The first kappa shape index (κ1) is 17.4. The minimum Gasteiger partial charge on any atom is -0.490 e. The van der Waals surface area contributed by atoms with Crippen molar-refractivity contribution in [1.29, 1.82) is 0 Å². The van der Waals surface area contributed by atoms with Crippen LogP contribution in [0.15, 0.2) is 16.6 Å². The van der Waals surface area contributed by atoms with E-state index in [4.69, 9.17) is 9.47 Å². The summed E-state index contributed by atoms with van der Waals surface area (Å²) in [5.41, 5.74) is 0.844. The number of likely N-dealkylation sites (N-methyl/N-ethyl adjacent to an activating group) is 1. The first-order valence-electron chi connectivity index (χ1n) is 8.03. The summed E-state index contributed by atoms with van der Waals surface area (Å²) < 4.78 is 12.0. The Hall–Kier alpha value is -1.38. The van der Waals surface area contributed by atoms with Crippen LogP contribution in [0.5, 0.6) is 5.75 Å². The fraction of sp³-hybridized carbons (Fsp3) is 0.625. The highest BCUT2D eigenvalue weighted by Crippen LogP contribution is 2.40. The van der Waals surface area contributed by atoms with Crippen LogP contribution < -0.4 is 9.64 Å². The minimum atomic E-state index is -0.426. The van der Waals surface area contributed by atoms with Crippen LogP contribution in [0.3, 0.4) is 0 Å². The van der Waals surface area contributed by atoms with E-state index in [1.807, 2.05) is 0 Å². The second-order valence-electron chi connectivity index (χ2n) is 6.49. The first-order chi connectivity index (χ1) is 11.4. The maximum atomic E-state index is 11.1. The van der Waals surface area contributed by atoms with Crippen molar-refractivity contribution in [2.75, 3.05) is 51.8 Å². The third-order valence-electron chi connectivity index (χ3n) is 4.90. The molecule has 1 aromatic carbocycles. The highest BCUT2D eigenvalue weighted by atomic mass is 79.9. The molecule has 2 fully saturated rings. The number of piperidine rings is 1. The Morgan fingerprint density at radius 2 is 2.04 bits per heavy atom. The lowest BCUT2D eigenvalue weighted by molar-refractivity contribution is -0.385. The zero-order chi connectivity index (χ0) is 17.3. The van der Waals surface area contributed by atoms with E-state index >= 15 is 0 Å². The molecule has 2 heterocycles. The van der Waals surface area contributed by atoms with Gasteiger partial charge in [0, 0.05) is 42.8 Å². The Morgan fingerprint density at radius 1 is 1.33 bits per heavy atom. The van der Waals surface area contributed by atoms with Crippen molar-refractivity contribution in [3.63, 3.8) is 0 Å². The van der Waals surface area contributed by atoms with Gasteiger partial charge in [0.05, 0.1) is 29.9 Å². The first-order valence-corrected chi connectivity index (χ1v) is 8.83. The summed E-state index contributed by atoms with van der Waals surface area (Å²) in [7, 11) is 3.59. The molecule has 0 radical (unpaired) electrons. The van der Waals surface area contributed by atoms with Gasteiger partial charge in [-0.25, -0.2) is 0 Å². The van der Waals surface area contributed by atoms with Crippen LogP contribution in [0.1, 0.15) is 12.8 Å². The summed E-state index contributed by atoms with van der Waals surface area (Å²) in [6.07, 6.45) is 1.90. The van der Waals surface area contributed by atoms with E-state index < -0.39 is 4.92 Å². The lowest BCUT2D eigenvalue weighted by Gasteiger charge is -2.47. The summed E-state index contributed by atoms with van der Waals surface area (Å²) in [4.78, 5) is 15.3.